The molecule has 0 aliphatic carbocycles. The summed E-state index contributed by atoms with van der Waals surface area (Å²) in [4.78, 5) is 3.03. The van der Waals surface area contributed by atoms with Crippen molar-refractivity contribution in [2.75, 3.05) is 0 Å². The van der Waals surface area contributed by atoms with E-state index in [1.54, 1.807) is 0 Å². The van der Waals surface area contributed by atoms with E-state index in [1.165, 1.54) is 9.81 Å². The summed E-state index contributed by atoms with van der Waals surface area (Å²) in [6.07, 6.45) is 4.81. The zero-order valence-corrected chi connectivity index (χ0v) is 12.0. The van der Waals surface area contributed by atoms with Crippen LogP contribution < -0.4 is 0 Å². The minimum absolute atomic E-state index is 0.281. The largest absolute Gasteiger partial charge is 0.0985 e. The summed E-state index contributed by atoms with van der Waals surface area (Å²) >= 11 is 1.97. The Kier molecular flexibility index (Phi) is 3.45. The topological polar surface area (TPSA) is 0 Å². The lowest BCUT2D eigenvalue weighted by molar-refractivity contribution is 0.513. The monoisotopic (exact) mass is 224 g/mol. The minimum atomic E-state index is 0.281. The average molecular weight is 224 g/mol. The Morgan fingerprint density at radius 2 is 1.20 bits per heavy atom. The maximum absolute atomic E-state index is 2.40. The van der Waals surface area contributed by atoms with Crippen LogP contribution in [0.15, 0.2) is 22.0 Å². The van der Waals surface area contributed by atoms with Gasteiger partial charge in [0.2, 0.25) is 0 Å². The fourth-order valence-corrected chi connectivity index (χ4v) is 2.93. The van der Waals surface area contributed by atoms with Gasteiger partial charge in [0.1, 0.15) is 0 Å². The highest BCUT2D eigenvalue weighted by Gasteiger charge is 2.27. The molecule has 0 bridgehead atoms. The molecular weight excluding hydrogens is 200 g/mol. The van der Waals surface area contributed by atoms with Crippen molar-refractivity contribution in [3.8, 4) is 0 Å². The second-order valence-corrected chi connectivity index (χ2v) is 7.61. The summed E-state index contributed by atoms with van der Waals surface area (Å²) in [5, 5.41) is 0. The summed E-state index contributed by atoms with van der Waals surface area (Å²) < 4.78 is 0. The maximum atomic E-state index is 2.40. The van der Waals surface area contributed by atoms with Crippen LogP contribution in [0.5, 0.6) is 0 Å². The average Bonchev–Trinajstić information content (AvgIpc) is 1.99. The number of thioether (sulfide) groups is 1. The van der Waals surface area contributed by atoms with E-state index in [-0.39, 0.29) is 10.8 Å². The minimum Gasteiger partial charge on any atom is -0.0985 e. The SMILES string of the molecule is CC1C=C(C(C)(C)C)SC(C(C)(C)C)=C1. The molecule has 1 aliphatic heterocycles. The van der Waals surface area contributed by atoms with Crippen LogP contribution in [0, 0.1) is 16.7 Å². The summed E-state index contributed by atoms with van der Waals surface area (Å²) in [7, 11) is 0. The van der Waals surface area contributed by atoms with E-state index in [2.05, 4.69) is 60.6 Å². The van der Waals surface area contributed by atoms with Crippen molar-refractivity contribution in [1.82, 2.24) is 0 Å². The van der Waals surface area contributed by atoms with Crippen LogP contribution in [-0.4, -0.2) is 0 Å². The molecule has 0 saturated heterocycles. The van der Waals surface area contributed by atoms with E-state index in [1.807, 2.05) is 11.8 Å². The summed E-state index contributed by atoms with van der Waals surface area (Å²) in [6, 6.07) is 0. The highest BCUT2D eigenvalue weighted by molar-refractivity contribution is 8.06. The molecule has 0 aromatic carbocycles. The zero-order valence-electron chi connectivity index (χ0n) is 11.1. The quantitative estimate of drug-likeness (QED) is 0.543. The lowest BCUT2D eigenvalue weighted by atomic mass is 9.90. The van der Waals surface area contributed by atoms with E-state index in [0.717, 1.165) is 0 Å². The molecule has 1 heteroatoms. The Hall–Kier alpha value is -0.170. The highest BCUT2D eigenvalue weighted by atomic mass is 32.2. The predicted octanol–water partition coefficient (Wildman–Crippen LogP) is 5.23. The third-order valence-corrected chi connectivity index (χ3v) is 4.46. The number of allylic oxidation sites excluding steroid dienone is 4. The standard InChI is InChI=1S/C14H24S/c1-10-8-11(13(2,3)4)15-12(9-10)14(5,6)7/h8-10H,1-7H3. The fourth-order valence-electron chi connectivity index (χ4n) is 1.52. The van der Waals surface area contributed by atoms with Crippen LogP contribution in [-0.2, 0) is 0 Å². The van der Waals surface area contributed by atoms with Crippen molar-refractivity contribution in [2.24, 2.45) is 16.7 Å². The molecule has 0 spiro atoms. The second kappa shape index (κ2) is 4.01. The third-order valence-electron chi connectivity index (χ3n) is 2.53. The van der Waals surface area contributed by atoms with Gasteiger partial charge in [-0.1, -0.05) is 72.4 Å². The van der Waals surface area contributed by atoms with Crippen molar-refractivity contribution in [2.45, 2.75) is 48.5 Å². The van der Waals surface area contributed by atoms with Crippen molar-refractivity contribution < 1.29 is 0 Å². The van der Waals surface area contributed by atoms with Gasteiger partial charge in [0.25, 0.3) is 0 Å². The van der Waals surface area contributed by atoms with E-state index in [9.17, 15) is 0 Å². The molecule has 0 radical (unpaired) electrons. The molecule has 1 rings (SSSR count). The van der Waals surface area contributed by atoms with Gasteiger partial charge in [-0.2, -0.15) is 0 Å². The van der Waals surface area contributed by atoms with E-state index < -0.39 is 0 Å². The van der Waals surface area contributed by atoms with Gasteiger partial charge in [0.05, 0.1) is 0 Å². The molecule has 0 saturated carbocycles. The van der Waals surface area contributed by atoms with Gasteiger partial charge in [-0.15, -0.1) is 0 Å². The van der Waals surface area contributed by atoms with Crippen LogP contribution in [0.25, 0.3) is 0 Å². The Labute approximate surface area is 99.2 Å². The zero-order chi connectivity index (χ0) is 11.9. The summed E-state index contributed by atoms with van der Waals surface area (Å²) in [5.41, 5.74) is 0.563. The van der Waals surface area contributed by atoms with Gasteiger partial charge in [0.15, 0.2) is 0 Å². The van der Waals surface area contributed by atoms with Crippen molar-refractivity contribution in [3.63, 3.8) is 0 Å². The first-order valence-electron chi connectivity index (χ1n) is 5.73. The Morgan fingerprint density at radius 3 is 1.47 bits per heavy atom. The Balaban J connectivity index is 2.94. The molecule has 0 nitrogen and oxygen atoms in total. The second-order valence-electron chi connectivity index (χ2n) is 6.52. The molecule has 0 aromatic rings. The molecule has 0 atom stereocenters. The van der Waals surface area contributed by atoms with Gasteiger partial charge in [-0.3, -0.25) is 0 Å². The molecule has 0 fully saturated rings. The van der Waals surface area contributed by atoms with Gasteiger partial charge >= 0.3 is 0 Å². The fraction of sp³-hybridized carbons (Fsp3) is 0.714. The summed E-state index contributed by atoms with van der Waals surface area (Å²) in [6.45, 7) is 16.0. The molecule has 0 N–H and O–H groups in total. The highest BCUT2D eigenvalue weighted by Crippen LogP contribution is 2.48. The number of hydrogen-bond acceptors (Lipinski definition) is 1. The lowest BCUT2D eigenvalue weighted by Gasteiger charge is -2.32. The smallest absolute Gasteiger partial charge is 0.00595 e. The van der Waals surface area contributed by atoms with E-state index in [4.69, 9.17) is 0 Å². The van der Waals surface area contributed by atoms with Gasteiger partial charge in [-0.25, -0.2) is 0 Å². The first-order chi connectivity index (χ1) is 6.60. The van der Waals surface area contributed by atoms with Crippen LogP contribution in [0.1, 0.15) is 48.5 Å². The molecular formula is C14H24S. The van der Waals surface area contributed by atoms with Gasteiger partial charge < -0.3 is 0 Å². The molecule has 0 unspecified atom stereocenters. The normalized spacial score (nSPS) is 19.9. The number of rotatable bonds is 0. The van der Waals surface area contributed by atoms with Gasteiger partial charge in [-0.05, 0) is 26.6 Å². The van der Waals surface area contributed by atoms with Crippen LogP contribution in [0.2, 0.25) is 0 Å². The van der Waals surface area contributed by atoms with E-state index >= 15 is 0 Å². The van der Waals surface area contributed by atoms with Crippen molar-refractivity contribution in [1.29, 1.82) is 0 Å². The molecule has 0 aromatic heterocycles. The lowest BCUT2D eigenvalue weighted by Crippen LogP contribution is -2.16. The molecule has 1 heterocycles. The Morgan fingerprint density at radius 1 is 0.867 bits per heavy atom. The molecule has 15 heavy (non-hydrogen) atoms. The maximum Gasteiger partial charge on any atom is -0.00595 e. The van der Waals surface area contributed by atoms with E-state index in [0.29, 0.717) is 5.92 Å². The summed E-state index contributed by atoms with van der Waals surface area (Å²) in [5.74, 6) is 0.578. The Bertz CT molecular complexity index is 264. The van der Waals surface area contributed by atoms with Crippen molar-refractivity contribution in [3.05, 3.63) is 22.0 Å². The molecule has 0 amide bonds. The predicted molar refractivity (Wildman–Crippen MR) is 71.8 cm³/mol. The first-order valence-corrected chi connectivity index (χ1v) is 6.55. The van der Waals surface area contributed by atoms with Crippen LogP contribution in [0.3, 0.4) is 0 Å². The van der Waals surface area contributed by atoms with Crippen molar-refractivity contribution >= 4 is 11.8 Å². The molecule has 86 valence electrons. The van der Waals surface area contributed by atoms with Crippen LogP contribution in [0.4, 0.5) is 0 Å². The first kappa shape index (κ1) is 12.9. The third kappa shape index (κ3) is 3.41. The molecule has 1 aliphatic rings. The van der Waals surface area contributed by atoms with Crippen LogP contribution >= 0.6 is 11.8 Å². The van der Waals surface area contributed by atoms with Gasteiger partial charge in [0, 0.05) is 0 Å². The number of hydrogen-bond donors (Lipinski definition) is 0.